The highest BCUT2D eigenvalue weighted by atomic mass is 16.2. The summed E-state index contributed by atoms with van der Waals surface area (Å²) < 4.78 is 0. The zero-order chi connectivity index (χ0) is 15.4. The standard InChI is InChI=1S/C18H28N2O/c1-5-8-19-16(12-20-9-6-7-17(20)21)18-14(3)10-13(2)11-15(18)4/h10-11,16,19H,5-9,12H2,1-4H3. The summed E-state index contributed by atoms with van der Waals surface area (Å²) in [5.74, 6) is 0.306. The summed E-state index contributed by atoms with van der Waals surface area (Å²) in [6.07, 6.45) is 2.83. The third-order valence-electron chi connectivity index (χ3n) is 4.30. The van der Waals surface area contributed by atoms with Crippen LogP contribution in [-0.4, -0.2) is 30.4 Å². The monoisotopic (exact) mass is 288 g/mol. The van der Waals surface area contributed by atoms with E-state index < -0.39 is 0 Å². The van der Waals surface area contributed by atoms with E-state index in [0.717, 1.165) is 32.5 Å². The largest absolute Gasteiger partial charge is 0.341 e. The van der Waals surface area contributed by atoms with Gasteiger partial charge in [0, 0.05) is 19.5 Å². The molecule has 1 saturated heterocycles. The highest BCUT2D eigenvalue weighted by Crippen LogP contribution is 2.26. The van der Waals surface area contributed by atoms with Gasteiger partial charge in [-0.2, -0.15) is 0 Å². The van der Waals surface area contributed by atoms with Gasteiger partial charge in [-0.25, -0.2) is 0 Å². The average molecular weight is 288 g/mol. The minimum Gasteiger partial charge on any atom is -0.341 e. The molecule has 1 aliphatic heterocycles. The number of rotatable bonds is 6. The number of hydrogen-bond acceptors (Lipinski definition) is 2. The molecule has 1 aromatic carbocycles. The van der Waals surface area contributed by atoms with Crippen molar-refractivity contribution in [2.24, 2.45) is 0 Å². The van der Waals surface area contributed by atoms with E-state index in [2.05, 4.69) is 45.1 Å². The highest BCUT2D eigenvalue weighted by Gasteiger charge is 2.25. The van der Waals surface area contributed by atoms with Gasteiger partial charge >= 0.3 is 0 Å². The van der Waals surface area contributed by atoms with Gasteiger partial charge < -0.3 is 10.2 Å². The number of aryl methyl sites for hydroxylation is 3. The lowest BCUT2D eigenvalue weighted by Crippen LogP contribution is -2.37. The third-order valence-corrected chi connectivity index (χ3v) is 4.30. The molecule has 0 aliphatic carbocycles. The Balaban J connectivity index is 2.25. The van der Waals surface area contributed by atoms with E-state index in [1.165, 1.54) is 22.3 Å². The Hall–Kier alpha value is -1.35. The fraction of sp³-hybridized carbons (Fsp3) is 0.611. The van der Waals surface area contributed by atoms with Crippen molar-refractivity contribution in [2.45, 2.75) is 53.0 Å². The topological polar surface area (TPSA) is 32.3 Å². The van der Waals surface area contributed by atoms with Crippen LogP contribution in [0.1, 0.15) is 54.5 Å². The molecule has 1 N–H and O–H groups in total. The summed E-state index contributed by atoms with van der Waals surface area (Å²) >= 11 is 0. The first-order valence-electron chi connectivity index (χ1n) is 8.11. The molecule has 0 radical (unpaired) electrons. The number of likely N-dealkylation sites (tertiary alicyclic amines) is 1. The summed E-state index contributed by atoms with van der Waals surface area (Å²) in [5, 5.41) is 3.64. The molecular weight excluding hydrogens is 260 g/mol. The molecule has 1 unspecified atom stereocenters. The first-order valence-corrected chi connectivity index (χ1v) is 8.11. The molecule has 1 aliphatic rings. The molecule has 3 heteroatoms. The Morgan fingerprint density at radius 3 is 2.43 bits per heavy atom. The smallest absolute Gasteiger partial charge is 0.222 e. The fourth-order valence-corrected chi connectivity index (χ4v) is 3.43. The van der Waals surface area contributed by atoms with Crippen LogP contribution < -0.4 is 5.32 Å². The van der Waals surface area contributed by atoms with E-state index in [4.69, 9.17) is 0 Å². The minimum absolute atomic E-state index is 0.243. The lowest BCUT2D eigenvalue weighted by Gasteiger charge is -2.28. The summed E-state index contributed by atoms with van der Waals surface area (Å²) in [5.41, 5.74) is 5.33. The number of carbonyl (C=O) groups excluding carboxylic acids is 1. The van der Waals surface area contributed by atoms with Crippen molar-refractivity contribution >= 4 is 5.91 Å². The molecule has 1 atom stereocenters. The van der Waals surface area contributed by atoms with Gasteiger partial charge in [0.15, 0.2) is 0 Å². The molecule has 3 nitrogen and oxygen atoms in total. The molecule has 0 bridgehead atoms. The number of benzene rings is 1. The van der Waals surface area contributed by atoms with Crippen LogP contribution in [0.15, 0.2) is 12.1 Å². The second kappa shape index (κ2) is 7.08. The lowest BCUT2D eigenvalue weighted by atomic mass is 9.93. The zero-order valence-corrected chi connectivity index (χ0v) is 13.8. The van der Waals surface area contributed by atoms with Gasteiger partial charge in [0.25, 0.3) is 0 Å². The molecule has 2 rings (SSSR count). The van der Waals surface area contributed by atoms with E-state index in [-0.39, 0.29) is 6.04 Å². The van der Waals surface area contributed by atoms with Crippen molar-refractivity contribution in [2.75, 3.05) is 19.6 Å². The predicted molar refractivity (Wildman–Crippen MR) is 87.5 cm³/mol. The summed E-state index contributed by atoms with van der Waals surface area (Å²) in [6, 6.07) is 4.73. The van der Waals surface area contributed by atoms with Crippen molar-refractivity contribution in [3.05, 3.63) is 34.4 Å². The van der Waals surface area contributed by atoms with Crippen molar-refractivity contribution in [3.63, 3.8) is 0 Å². The van der Waals surface area contributed by atoms with Gasteiger partial charge in [0.2, 0.25) is 5.91 Å². The number of hydrogen-bond donors (Lipinski definition) is 1. The Morgan fingerprint density at radius 2 is 1.90 bits per heavy atom. The zero-order valence-electron chi connectivity index (χ0n) is 13.8. The van der Waals surface area contributed by atoms with E-state index >= 15 is 0 Å². The molecule has 0 spiro atoms. The fourth-order valence-electron chi connectivity index (χ4n) is 3.43. The third kappa shape index (κ3) is 3.85. The van der Waals surface area contributed by atoms with Crippen molar-refractivity contribution in [3.8, 4) is 0 Å². The Morgan fingerprint density at radius 1 is 1.24 bits per heavy atom. The Kier molecular flexibility index (Phi) is 5.40. The molecule has 0 aromatic heterocycles. The van der Waals surface area contributed by atoms with Crippen LogP contribution in [0.25, 0.3) is 0 Å². The van der Waals surface area contributed by atoms with Crippen LogP contribution in [0.3, 0.4) is 0 Å². The first kappa shape index (κ1) is 16.0. The second-order valence-electron chi connectivity index (χ2n) is 6.26. The van der Waals surface area contributed by atoms with Crippen molar-refractivity contribution in [1.29, 1.82) is 0 Å². The van der Waals surface area contributed by atoms with E-state index in [0.29, 0.717) is 12.3 Å². The maximum absolute atomic E-state index is 11.9. The van der Waals surface area contributed by atoms with E-state index in [1.54, 1.807) is 0 Å². The Labute approximate surface area is 128 Å². The summed E-state index contributed by atoms with van der Waals surface area (Å²) in [4.78, 5) is 14.0. The van der Waals surface area contributed by atoms with Gasteiger partial charge in [0.05, 0.1) is 6.04 Å². The number of nitrogens with zero attached hydrogens (tertiary/aromatic N) is 1. The molecule has 1 aromatic rings. The SMILES string of the molecule is CCCNC(CN1CCCC1=O)c1c(C)cc(C)cc1C. The van der Waals surface area contributed by atoms with Crippen molar-refractivity contribution in [1.82, 2.24) is 10.2 Å². The predicted octanol–water partition coefficient (Wildman–Crippen LogP) is 3.27. The Bertz CT molecular complexity index is 487. The van der Waals surface area contributed by atoms with Gasteiger partial charge in [0.1, 0.15) is 0 Å². The number of nitrogens with one attached hydrogen (secondary N) is 1. The average Bonchev–Trinajstić information content (AvgIpc) is 2.80. The van der Waals surface area contributed by atoms with Crippen LogP contribution in [0.2, 0.25) is 0 Å². The van der Waals surface area contributed by atoms with Crippen LogP contribution in [0.5, 0.6) is 0 Å². The maximum atomic E-state index is 11.9. The molecular formula is C18H28N2O. The molecule has 116 valence electrons. The van der Waals surface area contributed by atoms with Gasteiger partial charge in [-0.3, -0.25) is 4.79 Å². The summed E-state index contributed by atoms with van der Waals surface area (Å²) in [7, 11) is 0. The molecule has 21 heavy (non-hydrogen) atoms. The minimum atomic E-state index is 0.243. The van der Waals surface area contributed by atoms with Gasteiger partial charge in [-0.15, -0.1) is 0 Å². The highest BCUT2D eigenvalue weighted by molar-refractivity contribution is 5.78. The lowest BCUT2D eigenvalue weighted by molar-refractivity contribution is -0.128. The van der Waals surface area contributed by atoms with Crippen LogP contribution >= 0.6 is 0 Å². The molecule has 1 amide bonds. The van der Waals surface area contributed by atoms with Crippen LogP contribution in [0.4, 0.5) is 0 Å². The van der Waals surface area contributed by atoms with E-state index in [9.17, 15) is 4.79 Å². The van der Waals surface area contributed by atoms with Crippen LogP contribution in [-0.2, 0) is 4.79 Å². The van der Waals surface area contributed by atoms with Crippen molar-refractivity contribution < 1.29 is 4.79 Å². The molecule has 1 heterocycles. The van der Waals surface area contributed by atoms with E-state index in [1.807, 2.05) is 4.90 Å². The maximum Gasteiger partial charge on any atom is 0.222 e. The second-order valence-corrected chi connectivity index (χ2v) is 6.26. The quantitative estimate of drug-likeness (QED) is 0.871. The number of amides is 1. The molecule has 0 saturated carbocycles. The van der Waals surface area contributed by atoms with Gasteiger partial charge in [-0.05, 0) is 56.8 Å². The summed E-state index contributed by atoms with van der Waals surface area (Å²) in [6.45, 7) is 11.4. The first-order chi connectivity index (χ1) is 10.0. The normalized spacial score (nSPS) is 16.6. The van der Waals surface area contributed by atoms with Crippen LogP contribution in [0, 0.1) is 20.8 Å². The number of carbonyl (C=O) groups is 1. The van der Waals surface area contributed by atoms with Gasteiger partial charge in [-0.1, -0.05) is 24.6 Å². The molecule has 1 fully saturated rings.